The minimum absolute atomic E-state index is 0.513. The molecule has 0 bridgehead atoms. The molecular formula is C21H21N2O+. The summed E-state index contributed by atoms with van der Waals surface area (Å²) < 4.78 is 8.37. The van der Waals surface area contributed by atoms with Gasteiger partial charge in [-0.15, -0.1) is 0 Å². The van der Waals surface area contributed by atoms with E-state index in [9.17, 15) is 0 Å². The lowest BCUT2D eigenvalue weighted by atomic mass is 9.99. The van der Waals surface area contributed by atoms with Crippen molar-refractivity contribution in [3.8, 4) is 11.3 Å². The summed E-state index contributed by atoms with van der Waals surface area (Å²) in [6.45, 7) is 6.57. The molecule has 4 rings (SSSR count). The van der Waals surface area contributed by atoms with E-state index in [0.717, 1.165) is 33.2 Å². The van der Waals surface area contributed by atoms with Crippen molar-refractivity contribution < 1.29 is 8.98 Å². The fourth-order valence-corrected chi connectivity index (χ4v) is 3.34. The number of rotatable bonds is 2. The van der Waals surface area contributed by atoms with Crippen LogP contribution in [0.1, 0.15) is 30.9 Å². The topological polar surface area (TPSA) is 29.9 Å². The SMILES string of the molecule is Cc1ccc2c(oc3cnccc32)c1-c1ccc(C(C)C)c[n+]1C. The third-order valence-electron chi connectivity index (χ3n) is 4.73. The highest BCUT2D eigenvalue weighted by molar-refractivity contribution is 6.09. The number of furan rings is 1. The normalized spacial score (nSPS) is 11.7. The number of pyridine rings is 2. The van der Waals surface area contributed by atoms with E-state index in [2.05, 4.69) is 67.8 Å². The Labute approximate surface area is 141 Å². The Kier molecular flexibility index (Phi) is 3.38. The van der Waals surface area contributed by atoms with E-state index in [1.54, 1.807) is 6.20 Å². The van der Waals surface area contributed by atoms with Crippen LogP contribution in [0.4, 0.5) is 0 Å². The van der Waals surface area contributed by atoms with Crippen molar-refractivity contribution >= 4 is 21.9 Å². The smallest absolute Gasteiger partial charge is 0.216 e. The maximum Gasteiger partial charge on any atom is 0.216 e. The van der Waals surface area contributed by atoms with Gasteiger partial charge >= 0.3 is 0 Å². The third kappa shape index (κ3) is 2.20. The standard InChI is InChI=1S/C21H21N2O/c1-13(2)15-6-8-18(23(4)12-15)20-14(3)5-7-17-16-9-10-22-11-19(16)24-21(17)20/h5-13H,1-4H3/q+1. The Hall–Kier alpha value is -2.68. The highest BCUT2D eigenvalue weighted by Gasteiger charge is 2.21. The molecule has 0 N–H and O–H groups in total. The summed E-state index contributed by atoms with van der Waals surface area (Å²) in [4.78, 5) is 4.18. The molecule has 0 saturated carbocycles. The molecule has 0 spiro atoms. The zero-order valence-corrected chi connectivity index (χ0v) is 14.5. The van der Waals surface area contributed by atoms with Gasteiger partial charge in [0.25, 0.3) is 0 Å². The van der Waals surface area contributed by atoms with Gasteiger partial charge in [0.2, 0.25) is 5.69 Å². The van der Waals surface area contributed by atoms with E-state index in [4.69, 9.17) is 4.42 Å². The van der Waals surface area contributed by atoms with Gasteiger partial charge in [-0.3, -0.25) is 4.98 Å². The molecule has 120 valence electrons. The van der Waals surface area contributed by atoms with Gasteiger partial charge in [-0.25, -0.2) is 4.57 Å². The highest BCUT2D eigenvalue weighted by atomic mass is 16.3. The lowest BCUT2D eigenvalue weighted by molar-refractivity contribution is -0.660. The maximum atomic E-state index is 6.18. The van der Waals surface area contributed by atoms with E-state index in [0.29, 0.717) is 5.92 Å². The van der Waals surface area contributed by atoms with Crippen molar-refractivity contribution in [3.63, 3.8) is 0 Å². The summed E-state index contributed by atoms with van der Waals surface area (Å²) in [5, 5.41) is 2.25. The van der Waals surface area contributed by atoms with Crippen molar-refractivity contribution in [2.75, 3.05) is 0 Å². The first-order chi connectivity index (χ1) is 11.6. The van der Waals surface area contributed by atoms with Gasteiger partial charge in [0, 0.05) is 28.6 Å². The molecule has 24 heavy (non-hydrogen) atoms. The van der Waals surface area contributed by atoms with E-state index in [-0.39, 0.29) is 0 Å². The first kappa shape index (κ1) is 14.9. The van der Waals surface area contributed by atoms with Crippen LogP contribution in [-0.2, 0) is 7.05 Å². The van der Waals surface area contributed by atoms with Gasteiger partial charge in [0.15, 0.2) is 11.8 Å². The summed E-state index contributed by atoms with van der Waals surface area (Å²) >= 11 is 0. The number of aromatic nitrogens is 2. The average molecular weight is 317 g/mol. The van der Waals surface area contributed by atoms with Gasteiger partial charge in [0.1, 0.15) is 12.6 Å². The summed E-state index contributed by atoms with van der Waals surface area (Å²) in [6, 6.07) is 10.7. The van der Waals surface area contributed by atoms with E-state index >= 15 is 0 Å². The predicted octanol–water partition coefficient (Wildman–Crippen LogP) is 4.90. The Balaban J connectivity index is 2.04. The second-order valence-electron chi connectivity index (χ2n) is 6.72. The molecule has 0 unspecified atom stereocenters. The van der Waals surface area contributed by atoms with Crippen LogP contribution >= 0.6 is 0 Å². The molecule has 0 aliphatic carbocycles. The van der Waals surface area contributed by atoms with Crippen LogP contribution in [0.3, 0.4) is 0 Å². The van der Waals surface area contributed by atoms with Crippen LogP contribution in [-0.4, -0.2) is 4.98 Å². The second-order valence-corrected chi connectivity index (χ2v) is 6.72. The largest absolute Gasteiger partial charge is 0.454 e. The van der Waals surface area contributed by atoms with Crippen LogP contribution < -0.4 is 4.57 Å². The Morgan fingerprint density at radius 2 is 1.88 bits per heavy atom. The van der Waals surface area contributed by atoms with Crippen LogP contribution in [0.25, 0.3) is 33.2 Å². The van der Waals surface area contributed by atoms with Gasteiger partial charge in [-0.1, -0.05) is 26.0 Å². The number of benzene rings is 1. The van der Waals surface area contributed by atoms with Crippen molar-refractivity contribution in [1.82, 2.24) is 4.98 Å². The average Bonchev–Trinajstić information content (AvgIpc) is 2.94. The van der Waals surface area contributed by atoms with Crippen LogP contribution in [0, 0.1) is 6.92 Å². The van der Waals surface area contributed by atoms with Crippen LogP contribution in [0.15, 0.2) is 53.3 Å². The van der Waals surface area contributed by atoms with Gasteiger partial charge in [-0.2, -0.15) is 0 Å². The molecule has 1 aromatic carbocycles. The van der Waals surface area contributed by atoms with Crippen LogP contribution in [0.2, 0.25) is 0 Å². The molecule has 0 saturated heterocycles. The number of fused-ring (bicyclic) bond motifs is 3. The molecular weight excluding hydrogens is 296 g/mol. The zero-order chi connectivity index (χ0) is 16.8. The molecule has 3 aromatic heterocycles. The molecule has 3 nitrogen and oxygen atoms in total. The molecule has 3 heteroatoms. The lowest BCUT2D eigenvalue weighted by Gasteiger charge is -2.08. The first-order valence-electron chi connectivity index (χ1n) is 8.32. The second kappa shape index (κ2) is 5.45. The van der Waals surface area contributed by atoms with E-state index in [1.807, 2.05) is 12.3 Å². The summed E-state index contributed by atoms with van der Waals surface area (Å²) in [7, 11) is 2.10. The summed E-state index contributed by atoms with van der Waals surface area (Å²) in [6.07, 6.45) is 5.81. The molecule has 4 aromatic rings. The predicted molar refractivity (Wildman–Crippen MR) is 97.0 cm³/mol. The molecule has 0 amide bonds. The van der Waals surface area contributed by atoms with Gasteiger partial charge < -0.3 is 4.42 Å². The van der Waals surface area contributed by atoms with Crippen molar-refractivity contribution in [2.45, 2.75) is 26.7 Å². The Bertz CT molecular complexity index is 1060. The lowest BCUT2D eigenvalue weighted by Crippen LogP contribution is -2.31. The summed E-state index contributed by atoms with van der Waals surface area (Å²) in [5.74, 6) is 0.513. The van der Waals surface area contributed by atoms with Gasteiger partial charge in [-0.05, 0) is 30.5 Å². The molecule has 0 aliphatic rings. The monoisotopic (exact) mass is 317 g/mol. The van der Waals surface area contributed by atoms with Crippen molar-refractivity contribution in [3.05, 3.63) is 60.0 Å². The third-order valence-corrected chi connectivity index (χ3v) is 4.73. The quantitative estimate of drug-likeness (QED) is 0.492. The molecule has 0 aliphatic heterocycles. The zero-order valence-electron chi connectivity index (χ0n) is 14.5. The molecule has 0 atom stereocenters. The molecule has 0 fully saturated rings. The Morgan fingerprint density at radius 1 is 1.04 bits per heavy atom. The van der Waals surface area contributed by atoms with Crippen molar-refractivity contribution in [1.29, 1.82) is 0 Å². The van der Waals surface area contributed by atoms with Gasteiger partial charge in [0.05, 0.1) is 11.8 Å². The van der Waals surface area contributed by atoms with E-state index < -0.39 is 0 Å². The number of hydrogen-bond acceptors (Lipinski definition) is 2. The fourth-order valence-electron chi connectivity index (χ4n) is 3.34. The number of hydrogen-bond donors (Lipinski definition) is 0. The number of aryl methyl sites for hydroxylation is 2. The fraction of sp³-hybridized carbons (Fsp3) is 0.238. The number of nitrogens with zero attached hydrogens (tertiary/aromatic N) is 2. The molecule has 3 heterocycles. The van der Waals surface area contributed by atoms with Crippen molar-refractivity contribution in [2.24, 2.45) is 7.05 Å². The van der Waals surface area contributed by atoms with E-state index in [1.165, 1.54) is 11.1 Å². The minimum atomic E-state index is 0.513. The highest BCUT2D eigenvalue weighted by Crippen LogP contribution is 2.36. The Morgan fingerprint density at radius 3 is 2.62 bits per heavy atom. The summed E-state index contributed by atoms with van der Waals surface area (Å²) in [5.41, 5.74) is 6.63. The maximum absolute atomic E-state index is 6.18. The minimum Gasteiger partial charge on any atom is -0.454 e. The first-order valence-corrected chi connectivity index (χ1v) is 8.32. The molecule has 0 radical (unpaired) electrons. The van der Waals surface area contributed by atoms with Crippen LogP contribution in [0.5, 0.6) is 0 Å².